The van der Waals surface area contributed by atoms with Crippen molar-refractivity contribution in [1.29, 1.82) is 0 Å². The van der Waals surface area contributed by atoms with Crippen LogP contribution in [0.5, 0.6) is 5.75 Å². The molecule has 2 unspecified atom stereocenters. The van der Waals surface area contributed by atoms with Crippen LogP contribution in [0.3, 0.4) is 0 Å². The van der Waals surface area contributed by atoms with Crippen molar-refractivity contribution in [1.82, 2.24) is 5.43 Å². The number of amides is 1. The number of carbonyl (C=O) groups excluding carboxylic acids is 2. The van der Waals surface area contributed by atoms with Crippen molar-refractivity contribution in [2.75, 3.05) is 0 Å². The SMILES string of the molecule is C/C(=N\NC(=O)C12CCC(C)(C(=O)O1)C2(C)C)c1cc(Cl)ccc1O. The molecule has 2 aliphatic rings. The topological polar surface area (TPSA) is 88.0 Å². The molecule has 0 aromatic heterocycles. The first kappa shape index (κ1) is 17.7. The monoisotopic (exact) mass is 364 g/mol. The van der Waals surface area contributed by atoms with Crippen molar-refractivity contribution < 1.29 is 19.4 Å². The van der Waals surface area contributed by atoms with Gasteiger partial charge in [-0.2, -0.15) is 5.10 Å². The van der Waals surface area contributed by atoms with Crippen LogP contribution in [0.15, 0.2) is 23.3 Å². The zero-order chi connectivity index (χ0) is 18.6. The zero-order valence-corrected chi connectivity index (χ0v) is 15.4. The maximum atomic E-state index is 12.8. The Kier molecular flexibility index (Phi) is 3.87. The molecule has 2 fully saturated rings. The summed E-state index contributed by atoms with van der Waals surface area (Å²) < 4.78 is 5.52. The Hall–Kier alpha value is -2.08. The third kappa shape index (κ3) is 2.27. The first-order chi connectivity index (χ1) is 11.5. The zero-order valence-electron chi connectivity index (χ0n) is 14.6. The number of phenolic OH excluding ortho intramolecular Hbond substituents is 1. The van der Waals surface area contributed by atoms with Crippen LogP contribution in [-0.4, -0.2) is 28.3 Å². The van der Waals surface area contributed by atoms with Crippen LogP contribution in [0.1, 0.15) is 46.1 Å². The van der Waals surface area contributed by atoms with Crippen LogP contribution >= 0.6 is 11.6 Å². The lowest BCUT2D eigenvalue weighted by atomic mass is 9.66. The largest absolute Gasteiger partial charge is 0.507 e. The molecule has 1 amide bonds. The number of esters is 1. The maximum Gasteiger partial charge on any atom is 0.313 e. The van der Waals surface area contributed by atoms with Crippen LogP contribution in [0.2, 0.25) is 5.02 Å². The maximum absolute atomic E-state index is 12.8. The number of fused-ring (bicyclic) bond motifs is 2. The van der Waals surface area contributed by atoms with Gasteiger partial charge in [0.2, 0.25) is 0 Å². The Morgan fingerprint density at radius 3 is 2.56 bits per heavy atom. The van der Waals surface area contributed by atoms with Crippen LogP contribution in [0, 0.1) is 10.8 Å². The second kappa shape index (κ2) is 5.46. The third-order valence-electron chi connectivity index (χ3n) is 6.12. The number of aromatic hydroxyl groups is 1. The molecular formula is C18H21ClN2O4. The highest BCUT2D eigenvalue weighted by Crippen LogP contribution is 2.65. The van der Waals surface area contributed by atoms with Gasteiger partial charge in [0, 0.05) is 16.0 Å². The molecule has 134 valence electrons. The second-order valence-corrected chi connectivity index (χ2v) is 7.91. The number of halogens is 1. The number of nitrogens with one attached hydrogen (secondary N) is 1. The van der Waals surface area contributed by atoms with E-state index < -0.39 is 22.3 Å². The number of ether oxygens (including phenoxy) is 1. The molecule has 7 heteroatoms. The van der Waals surface area contributed by atoms with Gasteiger partial charge in [0.05, 0.1) is 11.1 Å². The molecule has 3 rings (SSSR count). The average molecular weight is 365 g/mol. The van der Waals surface area contributed by atoms with E-state index in [-0.39, 0.29) is 11.7 Å². The summed E-state index contributed by atoms with van der Waals surface area (Å²) in [6, 6.07) is 4.58. The minimum atomic E-state index is -1.22. The lowest BCUT2D eigenvalue weighted by molar-refractivity contribution is -0.168. The molecule has 1 heterocycles. The standard InChI is InChI=1S/C18H21ClN2O4/c1-10(12-9-11(19)5-6-13(12)22)20-21-14(23)18-8-7-17(4,15(24)25-18)16(18,2)3/h5-6,9,22H,7-8H2,1-4H3,(H,21,23)/b20-10+. The summed E-state index contributed by atoms with van der Waals surface area (Å²) in [4.78, 5) is 25.1. The van der Waals surface area contributed by atoms with Crippen LogP contribution in [0.25, 0.3) is 0 Å². The van der Waals surface area contributed by atoms with E-state index in [9.17, 15) is 14.7 Å². The predicted octanol–water partition coefficient (Wildman–Crippen LogP) is 3.01. The van der Waals surface area contributed by atoms with Crippen molar-refractivity contribution >= 4 is 29.2 Å². The number of nitrogens with zero attached hydrogens (tertiary/aromatic N) is 1. The Morgan fingerprint density at radius 2 is 2.00 bits per heavy atom. The van der Waals surface area contributed by atoms with Crippen molar-refractivity contribution in [3.63, 3.8) is 0 Å². The summed E-state index contributed by atoms with van der Waals surface area (Å²) in [5, 5.41) is 14.4. The van der Waals surface area contributed by atoms with Gasteiger partial charge < -0.3 is 9.84 Å². The minimum Gasteiger partial charge on any atom is -0.507 e. The molecular weight excluding hydrogens is 344 g/mol. The normalized spacial score (nSPS) is 30.3. The molecule has 1 aliphatic heterocycles. The van der Waals surface area contributed by atoms with Gasteiger partial charge in [0.15, 0.2) is 5.60 Å². The summed E-state index contributed by atoms with van der Waals surface area (Å²) in [5.74, 6) is -0.779. The number of hydrogen-bond donors (Lipinski definition) is 2. The molecule has 1 saturated carbocycles. The van der Waals surface area contributed by atoms with Crippen molar-refractivity contribution in [2.24, 2.45) is 15.9 Å². The fourth-order valence-corrected chi connectivity index (χ4v) is 4.00. The van der Waals surface area contributed by atoms with Gasteiger partial charge in [-0.15, -0.1) is 0 Å². The molecule has 2 atom stereocenters. The summed E-state index contributed by atoms with van der Waals surface area (Å²) in [5.41, 5.74) is 0.784. The highest BCUT2D eigenvalue weighted by atomic mass is 35.5. The molecule has 1 saturated heterocycles. The molecule has 0 radical (unpaired) electrons. The average Bonchev–Trinajstić information content (AvgIpc) is 2.85. The highest BCUT2D eigenvalue weighted by molar-refractivity contribution is 6.31. The number of hydrogen-bond acceptors (Lipinski definition) is 5. The molecule has 1 aromatic carbocycles. The summed E-state index contributed by atoms with van der Waals surface area (Å²) >= 11 is 5.94. The van der Waals surface area contributed by atoms with Gasteiger partial charge >= 0.3 is 5.97 Å². The lowest BCUT2D eigenvalue weighted by Crippen LogP contribution is -2.52. The molecule has 2 bridgehead atoms. The van der Waals surface area contributed by atoms with Gasteiger partial charge in [-0.3, -0.25) is 9.59 Å². The Morgan fingerprint density at radius 1 is 1.32 bits per heavy atom. The molecule has 6 nitrogen and oxygen atoms in total. The van der Waals surface area contributed by atoms with E-state index in [0.717, 1.165) is 0 Å². The van der Waals surface area contributed by atoms with E-state index in [1.807, 2.05) is 20.8 Å². The second-order valence-electron chi connectivity index (χ2n) is 7.47. The Bertz CT molecular complexity index is 804. The van der Waals surface area contributed by atoms with E-state index in [2.05, 4.69) is 10.5 Å². The number of benzene rings is 1. The molecule has 1 aliphatic carbocycles. The van der Waals surface area contributed by atoms with E-state index in [1.54, 1.807) is 19.1 Å². The third-order valence-corrected chi connectivity index (χ3v) is 6.36. The predicted molar refractivity (Wildman–Crippen MR) is 93.4 cm³/mol. The van der Waals surface area contributed by atoms with Crippen molar-refractivity contribution in [2.45, 2.75) is 46.1 Å². The summed E-state index contributed by atoms with van der Waals surface area (Å²) in [7, 11) is 0. The van der Waals surface area contributed by atoms with Crippen LogP contribution < -0.4 is 5.43 Å². The molecule has 0 spiro atoms. The number of hydrazone groups is 1. The fraction of sp³-hybridized carbons (Fsp3) is 0.500. The number of carbonyl (C=O) groups is 2. The van der Waals surface area contributed by atoms with Crippen molar-refractivity contribution in [3.8, 4) is 5.75 Å². The highest BCUT2D eigenvalue weighted by Gasteiger charge is 2.75. The quantitative estimate of drug-likeness (QED) is 0.490. The Balaban J connectivity index is 1.86. The molecule has 2 N–H and O–H groups in total. The fourth-order valence-electron chi connectivity index (χ4n) is 3.83. The van der Waals surface area contributed by atoms with Gasteiger partial charge in [0.1, 0.15) is 5.75 Å². The smallest absolute Gasteiger partial charge is 0.313 e. The van der Waals surface area contributed by atoms with Gasteiger partial charge in [-0.1, -0.05) is 25.4 Å². The van der Waals surface area contributed by atoms with Crippen LogP contribution in [0.4, 0.5) is 0 Å². The summed E-state index contributed by atoms with van der Waals surface area (Å²) in [6.07, 6.45) is 1.06. The van der Waals surface area contributed by atoms with Crippen molar-refractivity contribution in [3.05, 3.63) is 28.8 Å². The van der Waals surface area contributed by atoms with E-state index in [0.29, 0.717) is 29.1 Å². The Labute approximate surface area is 151 Å². The van der Waals surface area contributed by atoms with E-state index >= 15 is 0 Å². The summed E-state index contributed by atoms with van der Waals surface area (Å²) in [6.45, 7) is 7.25. The first-order valence-electron chi connectivity index (χ1n) is 8.12. The van der Waals surface area contributed by atoms with E-state index in [1.165, 1.54) is 6.07 Å². The van der Waals surface area contributed by atoms with Crippen LogP contribution in [-0.2, 0) is 14.3 Å². The molecule has 25 heavy (non-hydrogen) atoms. The van der Waals surface area contributed by atoms with Gasteiger partial charge in [-0.05, 0) is 44.9 Å². The first-order valence-corrected chi connectivity index (χ1v) is 8.50. The minimum absolute atomic E-state index is 0.0131. The van der Waals surface area contributed by atoms with Gasteiger partial charge in [-0.25, -0.2) is 5.43 Å². The van der Waals surface area contributed by atoms with Gasteiger partial charge in [0.25, 0.3) is 5.91 Å². The number of phenols is 1. The molecule has 1 aromatic rings. The van der Waals surface area contributed by atoms with E-state index in [4.69, 9.17) is 16.3 Å². The number of rotatable bonds is 3. The lowest BCUT2D eigenvalue weighted by Gasteiger charge is -2.34.